The first-order valence-corrected chi connectivity index (χ1v) is 7.87. The molecule has 0 bridgehead atoms. The second-order valence-corrected chi connectivity index (χ2v) is 6.13. The standard InChI is InChI=1S/C13H19NO5S/c1-11(10-20(16,17)18)7-8-14-13(15)19-9-12-5-3-2-4-6-12/h2-6,11H,7-10H2,1H3,(H,14,15)(H,16,17,18). The molecule has 1 aromatic carbocycles. The molecular formula is C13H19NO5S. The molecule has 1 unspecified atom stereocenters. The summed E-state index contributed by atoms with van der Waals surface area (Å²) in [6, 6.07) is 9.28. The van der Waals surface area contributed by atoms with E-state index in [0.29, 0.717) is 13.0 Å². The zero-order valence-corrected chi connectivity index (χ0v) is 12.1. The molecular weight excluding hydrogens is 282 g/mol. The minimum Gasteiger partial charge on any atom is -0.445 e. The van der Waals surface area contributed by atoms with Gasteiger partial charge in [0.2, 0.25) is 0 Å². The van der Waals surface area contributed by atoms with Crippen molar-refractivity contribution in [2.24, 2.45) is 5.92 Å². The maximum Gasteiger partial charge on any atom is 0.407 e. The summed E-state index contributed by atoms with van der Waals surface area (Å²) < 4.78 is 34.9. The summed E-state index contributed by atoms with van der Waals surface area (Å²) in [4.78, 5) is 11.4. The lowest BCUT2D eigenvalue weighted by atomic mass is 10.1. The normalized spacial score (nSPS) is 12.7. The SMILES string of the molecule is CC(CCNC(=O)OCc1ccccc1)CS(=O)(=O)O. The summed E-state index contributed by atoms with van der Waals surface area (Å²) in [5.74, 6) is -0.548. The van der Waals surface area contributed by atoms with Gasteiger partial charge in [-0.15, -0.1) is 0 Å². The second-order valence-electron chi connectivity index (χ2n) is 4.63. The van der Waals surface area contributed by atoms with Crippen LogP contribution in [-0.4, -0.2) is 31.4 Å². The van der Waals surface area contributed by atoms with Crippen LogP contribution in [0.4, 0.5) is 4.79 Å². The summed E-state index contributed by atoms with van der Waals surface area (Å²) in [5, 5.41) is 2.53. The number of ether oxygens (including phenoxy) is 1. The average molecular weight is 301 g/mol. The van der Waals surface area contributed by atoms with Gasteiger partial charge in [0.1, 0.15) is 6.61 Å². The van der Waals surface area contributed by atoms with Gasteiger partial charge in [0.15, 0.2) is 0 Å². The number of hydrogen-bond donors (Lipinski definition) is 2. The molecule has 0 aliphatic carbocycles. The quantitative estimate of drug-likeness (QED) is 0.749. The Balaban J connectivity index is 2.17. The first-order valence-electron chi connectivity index (χ1n) is 6.26. The molecule has 7 heteroatoms. The van der Waals surface area contributed by atoms with Crippen LogP contribution in [0.1, 0.15) is 18.9 Å². The molecule has 1 aromatic rings. The average Bonchev–Trinajstić information content (AvgIpc) is 2.35. The van der Waals surface area contributed by atoms with E-state index in [1.165, 1.54) is 0 Å². The highest BCUT2D eigenvalue weighted by Gasteiger charge is 2.12. The van der Waals surface area contributed by atoms with Crippen LogP contribution >= 0.6 is 0 Å². The minimum absolute atomic E-state index is 0.188. The highest BCUT2D eigenvalue weighted by molar-refractivity contribution is 7.85. The van der Waals surface area contributed by atoms with Crippen LogP contribution in [0.3, 0.4) is 0 Å². The van der Waals surface area contributed by atoms with E-state index in [2.05, 4.69) is 5.32 Å². The van der Waals surface area contributed by atoms with Crippen molar-refractivity contribution in [1.82, 2.24) is 5.32 Å². The van der Waals surface area contributed by atoms with Crippen LogP contribution in [0.5, 0.6) is 0 Å². The van der Waals surface area contributed by atoms with Crippen molar-refractivity contribution >= 4 is 16.2 Å². The Morgan fingerprint density at radius 2 is 2.00 bits per heavy atom. The highest BCUT2D eigenvalue weighted by Crippen LogP contribution is 2.04. The van der Waals surface area contributed by atoms with E-state index < -0.39 is 16.2 Å². The predicted octanol–water partition coefficient (Wildman–Crippen LogP) is 1.83. The fourth-order valence-corrected chi connectivity index (χ4v) is 2.52. The number of rotatable bonds is 7. The van der Waals surface area contributed by atoms with Crippen molar-refractivity contribution in [3.8, 4) is 0 Å². The van der Waals surface area contributed by atoms with Gasteiger partial charge in [0.05, 0.1) is 5.75 Å². The summed E-state index contributed by atoms with van der Waals surface area (Å²) in [6.45, 7) is 2.17. The first kappa shape index (κ1) is 16.5. The van der Waals surface area contributed by atoms with Crippen LogP contribution < -0.4 is 5.32 Å². The van der Waals surface area contributed by atoms with Crippen molar-refractivity contribution in [1.29, 1.82) is 0 Å². The van der Waals surface area contributed by atoms with Gasteiger partial charge >= 0.3 is 6.09 Å². The van der Waals surface area contributed by atoms with Gasteiger partial charge in [-0.2, -0.15) is 8.42 Å². The van der Waals surface area contributed by atoms with Gasteiger partial charge in [-0.05, 0) is 17.9 Å². The Kier molecular flexibility index (Phi) is 6.47. The molecule has 1 atom stereocenters. The second kappa shape index (κ2) is 7.86. The lowest BCUT2D eigenvalue weighted by molar-refractivity contribution is 0.139. The molecule has 1 rings (SSSR count). The third kappa shape index (κ3) is 7.75. The Morgan fingerprint density at radius 1 is 1.35 bits per heavy atom. The van der Waals surface area contributed by atoms with Crippen LogP contribution in [0.15, 0.2) is 30.3 Å². The molecule has 1 amide bonds. The third-order valence-electron chi connectivity index (χ3n) is 2.61. The van der Waals surface area contributed by atoms with Gasteiger partial charge in [-0.3, -0.25) is 4.55 Å². The predicted molar refractivity (Wildman–Crippen MR) is 74.8 cm³/mol. The third-order valence-corrected chi connectivity index (χ3v) is 3.60. The van der Waals surface area contributed by atoms with Crippen molar-refractivity contribution in [2.45, 2.75) is 20.0 Å². The number of hydrogen-bond acceptors (Lipinski definition) is 4. The van der Waals surface area contributed by atoms with Gasteiger partial charge in [0, 0.05) is 6.54 Å². The molecule has 0 heterocycles. The maximum absolute atomic E-state index is 11.4. The number of alkyl carbamates (subject to hydrolysis) is 1. The summed E-state index contributed by atoms with van der Waals surface area (Å²) in [5.41, 5.74) is 0.891. The molecule has 0 aliphatic heterocycles. The van der Waals surface area contributed by atoms with Gasteiger partial charge in [-0.1, -0.05) is 37.3 Å². The number of amides is 1. The van der Waals surface area contributed by atoms with Crippen molar-refractivity contribution in [3.63, 3.8) is 0 Å². The first-order chi connectivity index (χ1) is 9.37. The molecule has 0 radical (unpaired) electrons. The number of carbonyl (C=O) groups excluding carboxylic acids is 1. The van der Waals surface area contributed by atoms with E-state index in [0.717, 1.165) is 5.56 Å². The number of nitrogens with one attached hydrogen (secondary N) is 1. The van der Waals surface area contributed by atoms with E-state index in [1.807, 2.05) is 30.3 Å². The van der Waals surface area contributed by atoms with E-state index in [9.17, 15) is 13.2 Å². The Labute approximate surface area is 118 Å². The topological polar surface area (TPSA) is 92.7 Å². The van der Waals surface area contributed by atoms with Crippen molar-refractivity contribution in [3.05, 3.63) is 35.9 Å². The van der Waals surface area contributed by atoms with Gasteiger partial charge in [-0.25, -0.2) is 4.79 Å². The number of benzene rings is 1. The fourth-order valence-electron chi connectivity index (χ4n) is 1.64. The van der Waals surface area contributed by atoms with Gasteiger partial charge < -0.3 is 10.1 Å². The fraction of sp³-hybridized carbons (Fsp3) is 0.462. The van der Waals surface area contributed by atoms with Crippen molar-refractivity contribution < 1.29 is 22.5 Å². The van der Waals surface area contributed by atoms with Gasteiger partial charge in [0.25, 0.3) is 10.1 Å². The lowest BCUT2D eigenvalue weighted by Crippen LogP contribution is -2.27. The summed E-state index contributed by atoms with van der Waals surface area (Å²) in [6.07, 6.45) is -0.104. The smallest absolute Gasteiger partial charge is 0.407 e. The molecule has 0 spiro atoms. The minimum atomic E-state index is -3.96. The molecule has 6 nitrogen and oxygen atoms in total. The van der Waals surface area contributed by atoms with Crippen LogP contribution in [0.25, 0.3) is 0 Å². The molecule has 0 saturated heterocycles. The molecule has 0 fully saturated rings. The Morgan fingerprint density at radius 3 is 2.60 bits per heavy atom. The van der Waals surface area contributed by atoms with E-state index in [4.69, 9.17) is 9.29 Å². The molecule has 0 aliphatic rings. The van der Waals surface area contributed by atoms with Crippen molar-refractivity contribution in [2.75, 3.05) is 12.3 Å². The zero-order chi connectivity index (χ0) is 15.0. The van der Waals surface area contributed by atoms with E-state index in [-0.39, 0.29) is 18.3 Å². The van der Waals surface area contributed by atoms with Crippen LogP contribution in [-0.2, 0) is 21.5 Å². The van der Waals surface area contributed by atoms with Crippen LogP contribution in [0.2, 0.25) is 0 Å². The zero-order valence-electron chi connectivity index (χ0n) is 11.3. The molecule has 112 valence electrons. The lowest BCUT2D eigenvalue weighted by Gasteiger charge is -2.10. The Hall–Kier alpha value is -1.60. The highest BCUT2D eigenvalue weighted by atomic mass is 32.2. The molecule has 2 N–H and O–H groups in total. The monoisotopic (exact) mass is 301 g/mol. The largest absolute Gasteiger partial charge is 0.445 e. The van der Waals surface area contributed by atoms with Crippen LogP contribution in [0, 0.1) is 5.92 Å². The van der Waals surface area contributed by atoms with E-state index in [1.54, 1.807) is 6.92 Å². The van der Waals surface area contributed by atoms with E-state index >= 15 is 0 Å². The maximum atomic E-state index is 11.4. The Bertz CT molecular complexity index is 515. The molecule has 0 aromatic heterocycles. The summed E-state index contributed by atoms with van der Waals surface area (Å²) in [7, 11) is -3.96. The molecule has 20 heavy (non-hydrogen) atoms. The summed E-state index contributed by atoms with van der Waals surface area (Å²) >= 11 is 0. The number of carbonyl (C=O) groups is 1. The molecule has 0 saturated carbocycles.